The summed E-state index contributed by atoms with van der Waals surface area (Å²) in [6.45, 7) is 3.22. The summed E-state index contributed by atoms with van der Waals surface area (Å²) in [6.07, 6.45) is 3.53. The topological polar surface area (TPSA) is 39.8 Å². The SMILES string of the molecule is CCn1c(=O)n(Cc2cccnc2)c2ccccc21. The van der Waals surface area contributed by atoms with Crippen LogP contribution in [-0.4, -0.2) is 14.1 Å². The third-order valence-corrected chi connectivity index (χ3v) is 3.30. The molecule has 2 aromatic heterocycles. The van der Waals surface area contributed by atoms with Crippen LogP contribution in [0.4, 0.5) is 0 Å². The summed E-state index contributed by atoms with van der Waals surface area (Å²) in [4.78, 5) is 16.5. The average molecular weight is 253 g/mol. The van der Waals surface area contributed by atoms with Gasteiger partial charge in [-0.1, -0.05) is 18.2 Å². The van der Waals surface area contributed by atoms with Gasteiger partial charge in [0.1, 0.15) is 0 Å². The van der Waals surface area contributed by atoms with Crippen LogP contribution in [0.25, 0.3) is 11.0 Å². The maximum absolute atomic E-state index is 12.4. The Balaban J connectivity index is 2.19. The van der Waals surface area contributed by atoms with E-state index in [9.17, 15) is 4.79 Å². The molecule has 0 saturated heterocycles. The van der Waals surface area contributed by atoms with E-state index in [0.29, 0.717) is 13.1 Å². The number of para-hydroxylation sites is 2. The molecule has 0 unspecified atom stereocenters. The molecular weight excluding hydrogens is 238 g/mol. The zero-order valence-corrected chi connectivity index (χ0v) is 10.8. The Bertz CT molecular complexity index is 756. The van der Waals surface area contributed by atoms with Gasteiger partial charge in [0.2, 0.25) is 0 Å². The summed E-state index contributed by atoms with van der Waals surface area (Å²) in [5.41, 5.74) is 3.02. The number of rotatable bonds is 3. The highest BCUT2D eigenvalue weighted by Gasteiger charge is 2.11. The Morgan fingerprint density at radius 1 is 1.05 bits per heavy atom. The molecule has 0 bridgehead atoms. The van der Waals surface area contributed by atoms with Gasteiger partial charge in [0, 0.05) is 18.9 Å². The van der Waals surface area contributed by atoms with Crippen LogP contribution >= 0.6 is 0 Å². The second kappa shape index (κ2) is 4.72. The van der Waals surface area contributed by atoms with E-state index in [1.807, 2.05) is 43.3 Å². The van der Waals surface area contributed by atoms with Crippen LogP contribution in [0.1, 0.15) is 12.5 Å². The van der Waals surface area contributed by atoms with E-state index in [-0.39, 0.29) is 5.69 Å². The Morgan fingerprint density at radius 2 is 1.79 bits per heavy atom. The van der Waals surface area contributed by atoms with Crippen molar-refractivity contribution in [1.29, 1.82) is 0 Å². The Hall–Kier alpha value is -2.36. The molecule has 96 valence electrons. The molecule has 0 radical (unpaired) electrons. The van der Waals surface area contributed by atoms with Crippen molar-refractivity contribution >= 4 is 11.0 Å². The van der Waals surface area contributed by atoms with E-state index >= 15 is 0 Å². The van der Waals surface area contributed by atoms with Gasteiger partial charge in [-0.15, -0.1) is 0 Å². The molecular formula is C15H15N3O. The van der Waals surface area contributed by atoms with Gasteiger partial charge < -0.3 is 0 Å². The summed E-state index contributed by atoms with van der Waals surface area (Å²) in [5.74, 6) is 0. The number of imidazole rings is 1. The smallest absolute Gasteiger partial charge is 0.292 e. The van der Waals surface area contributed by atoms with Crippen molar-refractivity contribution in [2.45, 2.75) is 20.0 Å². The number of hydrogen-bond acceptors (Lipinski definition) is 2. The highest BCUT2D eigenvalue weighted by molar-refractivity contribution is 5.76. The molecule has 1 aromatic carbocycles. The molecule has 0 fully saturated rings. The van der Waals surface area contributed by atoms with Gasteiger partial charge >= 0.3 is 5.69 Å². The van der Waals surface area contributed by atoms with Gasteiger partial charge in [0.05, 0.1) is 17.6 Å². The van der Waals surface area contributed by atoms with Gasteiger partial charge in [-0.3, -0.25) is 14.1 Å². The number of nitrogens with zero attached hydrogens (tertiary/aromatic N) is 3. The summed E-state index contributed by atoms with van der Waals surface area (Å²) in [5, 5.41) is 0. The lowest BCUT2D eigenvalue weighted by molar-refractivity contribution is 0.683. The predicted molar refractivity (Wildman–Crippen MR) is 75.2 cm³/mol. The molecule has 0 atom stereocenters. The molecule has 4 nitrogen and oxygen atoms in total. The first-order valence-electron chi connectivity index (χ1n) is 6.38. The number of hydrogen-bond donors (Lipinski definition) is 0. The summed E-state index contributed by atoms with van der Waals surface area (Å²) in [6, 6.07) is 11.8. The lowest BCUT2D eigenvalue weighted by Crippen LogP contribution is -2.24. The second-order valence-corrected chi connectivity index (χ2v) is 4.46. The van der Waals surface area contributed by atoms with Crippen LogP contribution in [0.3, 0.4) is 0 Å². The zero-order valence-electron chi connectivity index (χ0n) is 10.8. The Labute approximate surface area is 110 Å². The predicted octanol–water partition coefficient (Wildman–Crippen LogP) is 2.27. The minimum Gasteiger partial charge on any atom is -0.292 e. The fraction of sp³-hybridized carbons (Fsp3) is 0.200. The number of fused-ring (bicyclic) bond motifs is 1. The van der Waals surface area contributed by atoms with Crippen LogP contribution in [0.15, 0.2) is 53.6 Å². The van der Waals surface area contributed by atoms with Crippen LogP contribution in [0.5, 0.6) is 0 Å². The number of aromatic nitrogens is 3. The molecule has 3 rings (SSSR count). The van der Waals surface area contributed by atoms with Crippen molar-refractivity contribution in [3.8, 4) is 0 Å². The summed E-state index contributed by atoms with van der Waals surface area (Å²) in [7, 11) is 0. The van der Waals surface area contributed by atoms with E-state index in [4.69, 9.17) is 0 Å². The normalized spacial score (nSPS) is 11.0. The molecule has 0 amide bonds. The zero-order chi connectivity index (χ0) is 13.2. The molecule has 2 heterocycles. The van der Waals surface area contributed by atoms with Crippen LogP contribution in [-0.2, 0) is 13.1 Å². The molecule has 0 N–H and O–H groups in total. The first-order valence-corrected chi connectivity index (χ1v) is 6.38. The van der Waals surface area contributed by atoms with Crippen LogP contribution in [0.2, 0.25) is 0 Å². The third-order valence-electron chi connectivity index (χ3n) is 3.30. The Morgan fingerprint density at radius 3 is 2.42 bits per heavy atom. The van der Waals surface area contributed by atoms with Crippen molar-refractivity contribution in [2.75, 3.05) is 0 Å². The fourth-order valence-corrected chi connectivity index (χ4v) is 2.41. The number of pyridine rings is 1. The van der Waals surface area contributed by atoms with E-state index in [0.717, 1.165) is 16.6 Å². The van der Waals surface area contributed by atoms with Gasteiger partial charge in [-0.25, -0.2) is 4.79 Å². The van der Waals surface area contributed by atoms with E-state index in [2.05, 4.69) is 4.98 Å². The quantitative estimate of drug-likeness (QED) is 0.718. The van der Waals surface area contributed by atoms with E-state index in [1.165, 1.54) is 0 Å². The van der Waals surface area contributed by atoms with Crippen molar-refractivity contribution in [2.24, 2.45) is 0 Å². The molecule has 0 spiro atoms. The lowest BCUT2D eigenvalue weighted by Gasteiger charge is -2.02. The highest BCUT2D eigenvalue weighted by atomic mass is 16.1. The summed E-state index contributed by atoms with van der Waals surface area (Å²) < 4.78 is 3.60. The minimum absolute atomic E-state index is 0.0348. The molecule has 0 aliphatic rings. The first kappa shape index (κ1) is 11.7. The number of benzene rings is 1. The van der Waals surface area contributed by atoms with Crippen molar-refractivity contribution in [3.63, 3.8) is 0 Å². The highest BCUT2D eigenvalue weighted by Crippen LogP contribution is 2.14. The second-order valence-electron chi connectivity index (χ2n) is 4.46. The first-order chi connectivity index (χ1) is 9.31. The van der Waals surface area contributed by atoms with Crippen LogP contribution in [0, 0.1) is 0 Å². The maximum Gasteiger partial charge on any atom is 0.329 e. The van der Waals surface area contributed by atoms with Gasteiger partial charge in [-0.05, 0) is 30.7 Å². The van der Waals surface area contributed by atoms with Crippen molar-refractivity contribution in [3.05, 3.63) is 64.8 Å². The van der Waals surface area contributed by atoms with Gasteiger partial charge in [-0.2, -0.15) is 0 Å². The monoisotopic (exact) mass is 253 g/mol. The largest absolute Gasteiger partial charge is 0.329 e. The molecule has 3 aromatic rings. The Kier molecular flexibility index (Phi) is 2.91. The standard InChI is InChI=1S/C15H15N3O/c1-2-17-13-7-3-4-8-14(13)18(15(17)19)11-12-6-5-9-16-10-12/h3-10H,2,11H2,1H3. The minimum atomic E-state index is 0.0348. The fourth-order valence-electron chi connectivity index (χ4n) is 2.41. The van der Waals surface area contributed by atoms with Gasteiger partial charge in [0.15, 0.2) is 0 Å². The maximum atomic E-state index is 12.4. The molecule has 0 saturated carbocycles. The average Bonchev–Trinajstić information content (AvgIpc) is 2.73. The van der Waals surface area contributed by atoms with E-state index < -0.39 is 0 Å². The van der Waals surface area contributed by atoms with E-state index in [1.54, 1.807) is 21.5 Å². The van der Waals surface area contributed by atoms with Crippen LogP contribution < -0.4 is 5.69 Å². The lowest BCUT2D eigenvalue weighted by atomic mass is 10.2. The molecule has 0 aliphatic heterocycles. The molecule has 4 heteroatoms. The number of aryl methyl sites for hydroxylation is 1. The van der Waals surface area contributed by atoms with Gasteiger partial charge in [0.25, 0.3) is 0 Å². The summed E-state index contributed by atoms with van der Waals surface area (Å²) >= 11 is 0. The molecule has 19 heavy (non-hydrogen) atoms. The van der Waals surface area contributed by atoms with Crippen molar-refractivity contribution in [1.82, 2.24) is 14.1 Å². The third kappa shape index (κ3) is 1.95. The van der Waals surface area contributed by atoms with Crippen molar-refractivity contribution < 1.29 is 0 Å². The molecule has 0 aliphatic carbocycles.